The Balaban J connectivity index is 2.43. The van der Waals surface area contributed by atoms with Crippen LogP contribution in [0.5, 0.6) is 0 Å². The number of benzene rings is 1. The van der Waals surface area contributed by atoms with E-state index in [1.54, 1.807) is 0 Å². The first-order chi connectivity index (χ1) is 9.53. The molecule has 0 atom stereocenters. The molecule has 1 aromatic heterocycles. The SMILES string of the molecule is CCc1cc(CN)cc(N(C)c2cc(C)cc(C)c2)n1. The van der Waals surface area contributed by atoms with Crippen LogP contribution in [0, 0.1) is 13.8 Å². The molecule has 0 saturated heterocycles. The quantitative estimate of drug-likeness (QED) is 0.924. The second kappa shape index (κ2) is 6.06. The molecule has 3 heteroatoms. The molecule has 3 nitrogen and oxygen atoms in total. The summed E-state index contributed by atoms with van der Waals surface area (Å²) in [6, 6.07) is 10.7. The van der Waals surface area contributed by atoms with Crippen LogP contribution in [0.3, 0.4) is 0 Å². The van der Waals surface area contributed by atoms with E-state index in [0.29, 0.717) is 6.54 Å². The standard InChI is InChI=1S/C17H23N3/c1-5-15-9-14(11-18)10-17(19-15)20(4)16-7-12(2)6-13(3)8-16/h6-10H,5,11,18H2,1-4H3. The Morgan fingerprint density at radius 1 is 1.05 bits per heavy atom. The first kappa shape index (κ1) is 14.5. The van der Waals surface area contributed by atoms with Gasteiger partial charge in [-0.3, -0.25) is 0 Å². The van der Waals surface area contributed by atoms with Crippen molar-refractivity contribution in [1.82, 2.24) is 4.98 Å². The molecule has 2 rings (SSSR count). The zero-order valence-electron chi connectivity index (χ0n) is 12.8. The number of rotatable bonds is 4. The number of aryl methyl sites for hydroxylation is 3. The van der Waals surface area contributed by atoms with Crippen LogP contribution in [0.25, 0.3) is 0 Å². The number of hydrogen-bond donors (Lipinski definition) is 1. The predicted molar refractivity (Wildman–Crippen MR) is 85.5 cm³/mol. The van der Waals surface area contributed by atoms with E-state index in [1.165, 1.54) is 11.1 Å². The average Bonchev–Trinajstić information content (AvgIpc) is 2.44. The molecule has 0 aliphatic heterocycles. The maximum absolute atomic E-state index is 5.78. The van der Waals surface area contributed by atoms with E-state index >= 15 is 0 Å². The molecular weight excluding hydrogens is 246 g/mol. The van der Waals surface area contributed by atoms with Gasteiger partial charge in [0.1, 0.15) is 5.82 Å². The van der Waals surface area contributed by atoms with Crippen LogP contribution >= 0.6 is 0 Å². The number of pyridine rings is 1. The first-order valence-corrected chi connectivity index (χ1v) is 7.05. The summed E-state index contributed by atoms with van der Waals surface area (Å²) in [4.78, 5) is 6.83. The summed E-state index contributed by atoms with van der Waals surface area (Å²) in [6.07, 6.45) is 0.918. The number of aromatic nitrogens is 1. The molecule has 0 radical (unpaired) electrons. The minimum absolute atomic E-state index is 0.545. The lowest BCUT2D eigenvalue weighted by Crippen LogP contribution is -2.13. The van der Waals surface area contributed by atoms with Crippen LogP contribution in [-0.4, -0.2) is 12.0 Å². The molecule has 0 amide bonds. The van der Waals surface area contributed by atoms with Crippen molar-refractivity contribution in [3.05, 3.63) is 52.7 Å². The zero-order chi connectivity index (χ0) is 14.7. The van der Waals surface area contributed by atoms with Gasteiger partial charge in [-0.1, -0.05) is 13.0 Å². The van der Waals surface area contributed by atoms with Gasteiger partial charge in [0, 0.05) is 25.0 Å². The summed E-state index contributed by atoms with van der Waals surface area (Å²) in [5, 5.41) is 0. The third-order valence-corrected chi connectivity index (χ3v) is 3.46. The molecule has 2 aromatic rings. The third-order valence-electron chi connectivity index (χ3n) is 3.46. The number of anilines is 2. The van der Waals surface area contributed by atoms with Crippen LogP contribution in [0.4, 0.5) is 11.5 Å². The fourth-order valence-corrected chi connectivity index (χ4v) is 2.38. The van der Waals surface area contributed by atoms with Gasteiger partial charge in [0.15, 0.2) is 0 Å². The van der Waals surface area contributed by atoms with Gasteiger partial charge in [-0.05, 0) is 61.2 Å². The van der Waals surface area contributed by atoms with Crippen molar-refractivity contribution in [3.8, 4) is 0 Å². The van der Waals surface area contributed by atoms with Crippen LogP contribution < -0.4 is 10.6 Å². The summed E-state index contributed by atoms with van der Waals surface area (Å²) >= 11 is 0. The highest BCUT2D eigenvalue weighted by Gasteiger charge is 2.09. The van der Waals surface area contributed by atoms with Gasteiger partial charge in [0.25, 0.3) is 0 Å². The van der Waals surface area contributed by atoms with Crippen molar-refractivity contribution in [2.75, 3.05) is 11.9 Å². The highest BCUT2D eigenvalue weighted by atomic mass is 15.2. The normalized spacial score (nSPS) is 10.7. The second-order valence-electron chi connectivity index (χ2n) is 5.29. The Hall–Kier alpha value is -1.87. The lowest BCUT2D eigenvalue weighted by atomic mass is 10.1. The van der Waals surface area contributed by atoms with Gasteiger partial charge in [-0.2, -0.15) is 0 Å². The summed E-state index contributed by atoms with van der Waals surface area (Å²) < 4.78 is 0. The van der Waals surface area contributed by atoms with E-state index in [0.717, 1.165) is 29.2 Å². The Morgan fingerprint density at radius 3 is 2.25 bits per heavy atom. The Kier molecular flexibility index (Phi) is 4.40. The molecule has 0 unspecified atom stereocenters. The van der Waals surface area contributed by atoms with Crippen LogP contribution in [0.15, 0.2) is 30.3 Å². The van der Waals surface area contributed by atoms with Gasteiger partial charge < -0.3 is 10.6 Å². The van der Waals surface area contributed by atoms with Crippen molar-refractivity contribution >= 4 is 11.5 Å². The number of nitrogens with zero attached hydrogens (tertiary/aromatic N) is 2. The molecule has 106 valence electrons. The molecule has 0 aliphatic carbocycles. The minimum atomic E-state index is 0.545. The van der Waals surface area contributed by atoms with Crippen molar-refractivity contribution in [1.29, 1.82) is 0 Å². The van der Waals surface area contributed by atoms with Crippen molar-refractivity contribution < 1.29 is 0 Å². The summed E-state index contributed by atoms with van der Waals surface area (Å²) in [7, 11) is 2.05. The molecule has 0 fully saturated rings. The van der Waals surface area contributed by atoms with E-state index in [1.807, 2.05) is 0 Å². The molecule has 0 aliphatic rings. The molecule has 0 bridgehead atoms. The van der Waals surface area contributed by atoms with Crippen molar-refractivity contribution in [2.45, 2.75) is 33.7 Å². The van der Waals surface area contributed by atoms with E-state index in [2.05, 4.69) is 63.1 Å². The van der Waals surface area contributed by atoms with E-state index < -0.39 is 0 Å². The van der Waals surface area contributed by atoms with Crippen LogP contribution in [0.2, 0.25) is 0 Å². The maximum Gasteiger partial charge on any atom is 0.133 e. The molecule has 0 spiro atoms. The van der Waals surface area contributed by atoms with Crippen LogP contribution in [0.1, 0.15) is 29.3 Å². The summed E-state index contributed by atoms with van der Waals surface area (Å²) in [5.41, 5.74) is 11.7. The first-order valence-electron chi connectivity index (χ1n) is 7.05. The fraction of sp³-hybridized carbons (Fsp3) is 0.353. The Labute approximate surface area is 121 Å². The molecule has 1 aromatic carbocycles. The minimum Gasteiger partial charge on any atom is -0.329 e. The maximum atomic E-state index is 5.78. The molecular formula is C17H23N3. The molecule has 0 saturated carbocycles. The fourth-order valence-electron chi connectivity index (χ4n) is 2.38. The number of hydrogen-bond acceptors (Lipinski definition) is 3. The van der Waals surface area contributed by atoms with Gasteiger partial charge in [0.05, 0.1) is 0 Å². The molecule has 2 N–H and O–H groups in total. The van der Waals surface area contributed by atoms with Gasteiger partial charge >= 0.3 is 0 Å². The van der Waals surface area contributed by atoms with Gasteiger partial charge in [0.2, 0.25) is 0 Å². The lowest BCUT2D eigenvalue weighted by Gasteiger charge is -2.21. The highest BCUT2D eigenvalue weighted by Crippen LogP contribution is 2.25. The third kappa shape index (κ3) is 3.17. The van der Waals surface area contributed by atoms with Gasteiger partial charge in [-0.25, -0.2) is 4.98 Å². The van der Waals surface area contributed by atoms with E-state index in [9.17, 15) is 0 Å². The summed E-state index contributed by atoms with van der Waals surface area (Å²) in [6.45, 7) is 6.89. The van der Waals surface area contributed by atoms with Crippen molar-refractivity contribution in [2.24, 2.45) is 5.73 Å². The lowest BCUT2D eigenvalue weighted by molar-refractivity contribution is 0.971. The zero-order valence-corrected chi connectivity index (χ0v) is 12.8. The predicted octanol–water partition coefficient (Wildman–Crippen LogP) is 3.49. The number of nitrogens with two attached hydrogens (primary N) is 1. The second-order valence-corrected chi connectivity index (χ2v) is 5.29. The molecule has 1 heterocycles. The summed E-state index contributed by atoms with van der Waals surface area (Å²) in [5.74, 6) is 0.954. The monoisotopic (exact) mass is 269 g/mol. The molecule has 20 heavy (non-hydrogen) atoms. The van der Waals surface area contributed by atoms with Crippen LogP contribution in [-0.2, 0) is 13.0 Å². The van der Waals surface area contributed by atoms with Crippen molar-refractivity contribution in [3.63, 3.8) is 0 Å². The Bertz CT molecular complexity index is 563. The van der Waals surface area contributed by atoms with Gasteiger partial charge in [-0.15, -0.1) is 0 Å². The highest BCUT2D eigenvalue weighted by molar-refractivity contribution is 5.61. The average molecular weight is 269 g/mol. The Morgan fingerprint density at radius 2 is 1.70 bits per heavy atom. The van der Waals surface area contributed by atoms with E-state index in [4.69, 9.17) is 10.7 Å². The largest absolute Gasteiger partial charge is 0.329 e. The topological polar surface area (TPSA) is 42.1 Å². The van der Waals surface area contributed by atoms with E-state index in [-0.39, 0.29) is 0 Å². The smallest absolute Gasteiger partial charge is 0.133 e.